The van der Waals surface area contributed by atoms with Gasteiger partial charge in [-0.1, -0.05) is 30.3 Å². The number of carbonyl (C=O) groups excluding carboxylic acids is 2. The number of hydrogen-bond acceptors (Lipinski definition) is 5. The number of methoxy groups -OCH3 is 1. The van der Waals surface area contributed by atoms with Crippen molar-refractivity contribution in [1.82, 2.24) is 0 Å². The monoisotopic (exact) mass is 329 g/mol. The van der Waals surface area contributed by atoms with Gasteiger partial charge in [0.05, 0.1) is 7.11 Å². The van der Waals surface area contributed by atoms with Crippen LogP contribution in [0.4, 0.5) is 5.69 Å². The Morgan fingerprint density at radius 1 is 1.00 bits per heavy atom. The van der Waals surface area contributed by atoms with Gasteiger partial charge in [0.15, 0.2) is 24.2 Å². The summed E-state index contributed by atoms with van der Waals surface area (Å²) < 4.78 is 15.5. The molecule has 6 heteroatoms. The molecule has 2 aromatic rings. The maximum atomic E-state index is 12.0. The van der Waals surface area contributed by atoms with Gasteiger partial charge in [-0.15, -0.1) is 0 Å². The standard InChI is InChI=1S/C18H19NO5/c1-13(18(21)19-14-8-4-3-5-9-14)24-17(20)12-23-16-11-7-6-10-15(16)22-2/h3-11,13H,12H2,1-2H3,(H,19,21)/t13-/m0/s1. The normalized spacial score (nSPS) is 11.2. The van der Waals surface area contributed by atoms with E-state index in [2.05, 4.69) is 5.32 Å². The summed E-state index contributed by atoms with van der Waals surface area (Å²) in [6.45, 7) is 1.18. The summed E-state index contributed by atoms with van der Waals surface area (Å²) in [4.78, 5) is 23.8. The van der Waals surface area contributed by atoms with Crippen molar-refractivity contribution < 1.29 is 23.8 Å². The number of esters is 1. The molecule has 1 amide bonds. The van der Waals surface area contributed by atoms with Crippen LogP contribution in [-0.4, -0.2) is 31.7 Å². The van der Waals surface area contributed by atoms with E-state index in [0.29, 0.717) is 17.2 Å². The summed E-state index contributed by atoms with van der Waals surface area (Å²) in [7, 11) is 1.51. The van der Waals surface area contributed by atoms with Gasteiger partial charge in [-0.3, -0.25) is 4.79 Å². The van der Waals surface area contributed by atoms with Crippen molar-refractivity contribution in [3.8, 4) is 11.5 Å². The Morgan fingerprint density at radius 3 is 2.29 bits per heavy atom. The highest BCUT2D eigenvalue weighted by atomic mass is 16.6. The third-order valence-corrected chi connectivity index (χ3v) is 3.13. The topological polar surface area (TPSA) is 73.9 Å². The summed E-state index contributed by atoms with van der Waals surface area (Å²) in [5.74, 6) is -0.109. The predicted octanol–water partition coefficient (Wildman–Crippen LogP) is 2.64. The summed E-state index contributed by atoms with van der Waals surface area (Å²) in [5.41, 5.74) is 0.635. The zero-order valence-electron chi connectivity index (χ0n) is 13.5. The number of benzene rings is 2. The van der Waals surface area contributed by atoms with Gasteiger partial charge in [-0.05, 0) is 31.2 Å². The molecule has 0 spiro atoms. The molecular formula is C18H19NO5. The fourth-order valence-corrected chi connectivity index (χ4v) is 1.92. The first kappa shape index (κ1) is 17.3. The molecule has 0 fully saturated rings. The van der Waals surface area contributed by atoms with E-state index >= 15 is 0 Å². The number of para-hydroxylation sites is 3. The number of nitrogens with one attached hydrogen (secondary N) is 1. The zero-order valence-corrected chi connectivity index (χ0v) is 13.5. The van der Waals surface area contributed by atoms with Crippen LogP contribution in [0, 0.1) is 0 Å². The maximum Gasteiger partial charge on any atom is 0.344 e. The van der Waals surface area contributed by atoms with Crippen LogP contribution in [0.1, 0.15) is 6.92 Å². The van der Waals surface area contributed by atoms with Crippen molar-refractivity contribution in [3.63, 3.8) is 0 Å². The molecule has 1 N–H and O–H groups in total. The maximum absolute atomic E-state index is 12.0. The van der Waals surface area contributed by atoms with Gasteiger partial charge in [-0.25, -0.2) is 4.79 Å². The lowest BCUT2D eigenvalue weighted by molar-refractivity contribution is -0.155. The third kappa shape index (κ3) is 5.01. The van der Waals surface area contributed by atoms with E-state index < -0.39 is 18.0 Å². The van der Waals surface area contributed by atoms with Gasteiger partial charge in [0.1, 0.15) is 0 Å². The molecule has 0 heterocycles. The van der Waals surface area contributed by atoms with Crippen LogP contribution in [0.15, 0.2) is 54.6 Å². The molecule has 0 aliphatic heterocycles. The van der Waals surface area contributed by atoms with Gasteiger partial charge >= 0.3 is 5.97 Å². The molecule has 126 valence electrons. The first-order chi connectivity index (χ1) is 11.6. The highest BCUT2D eigenvalue weighted by molar-refractivity contribution is 5.95. The molecule has 0 aliphatic carbocycles. The van der Waals surface area contributed by atoms with Crippen LogP contribution in [0.25, 0.3) is 0 Å². The Morgan fingerprint density at radius 2 is 1.62 bits per heavy atom. The van der Waals surface area contributed by atoms with Gasteiger partial charge in [0.2, 0.25) is 0 Å². The molecule has 24 heavy (non-hydrogen) atoms. The average molecular weight is 329 g/mol. The lowest BCUT2D eigenvalue weighted by atomic mass is 10.3. The van der Waals surface area contributed by atoms with Crippen LogP contribution < -0.4 is 14.8 Å². The molecule has 1 atom stereocenters. The fourth-order valence-electron chi connectivity index (χ4n) is 1.92. The first-order valence-electron chi connectivity index (χ1n) is 7.41. The summed E-state index contributed by atoms with van der Waals surface area (Å²) in [6.07, 6.45) is -0.932. The highest BCUT2D eigenvalue weighted by Gasteiger charge is 2.18. The quantitative estimate of drug-likeness (QED) is 0.791. The third-order valence-electron chi connectivity index (χ3n) is 3.13. The number of hydrogen-bond donors (Lipinski definition) is 1. The smallest absolute Gasteiger partial charge is 0.344 e. The Kier molecular flexibility index (Phi) is 6.19. The molecular weight excluding hydrogens is 310 g/mol. The van der Waals surface area contributed by atoms with Gasteiger partial charge < -0.3 is 19.5 Å². The molecule has 0 bridgehead atoms. The lowest BCUT2D eigenvalue weighted by Crippen LogP contribution is -2.31. The highest BCUT2D eigenvalue weighted by Crippen LogP contribution is 2.25. The van der Waals surface area contributed by atoms with E-state index in [9.17, 15) is 9.59 Å². The Hall–Kier alpha value is -3.02. The second-order valence-electron chi connectivity index (χ2n) is 4.93. The van der Waals surface area contributed by atoms with E-state index in [1.165, 1.54) is 14.0 Å². The van der Waals surface area contributed by atoms with Crippen molar-refractivity contribution >= 4 is 17.6 Å². The second kappa shape index (κ2) is 8.57. The molecule has 2 rings (SSSR count). The van der Waals surface area contributed by atoms with Crippen molar-refractivity contribution in [2.75, 3.05) is 19.0 Å². The van der Waals surface area contributed by atoms with E-state index in [-0.39, 0.29) is 6.61 Å². The van der Waals surface area contributed by atoms with Crippen LogP contribution in [0.2, 0.25) is 0 Å². The molecule has 6 nitrogen and oxygen atoms in total. The Balaban J connectivity index is 1.82. The minimum Gasteiger partial charge on any atom is -0.493 e. The van der Waals surface area contributed by atoms with Crippen LogP contribution in [0.5, 0.6) is 11.5 Å². The lowest BCUT2D eigenvalue weighted by Gasteiger charge is -2.14. The molecule has 0 unspecified atom stereocenters. The van der Waals surface area contributed by atoms with Crippen LogP contribution in [0.3, 0.4) is 0 Å². The van der Waals surface area contributed by atoms with E-state index in [0.717, 1.165) is 0 Å². The minimum atomic E-state index is -0.932. The van der Waals surface area contributed by atoms with Gasteiger partial charge in [-0.2, -0.15) is 0 Å². The molecule has 0 saturated heterocycles. The number of ether oxygens (including phenoxy) is 3. The summed E-state index contributed by atoms with van der Waals surface area (Å²) in [5, 5.41) is 2.66. The number of amides is 1. The van der Waals surface area contributed by atoms with Crippen molar-refractivity contribution in [3.05, 3.63) is 54.6 Å². The summed E-state index contributed by atoms with van der Waals surface area (Å²) >= 11 is 0. The Bertz CT molecular complexity index is 687. The van der Waals surface area contributed by atoms with Crippen LogP contribution >= 0.6 is 0 Å². The van der Waals surface area contributed by atoms with Gasteiger partial charge in [0.25, 0.3) is 5.91 Å². The molecule has 0 saturated carbocycles. The van der Waals surface area contributed by atoms with Gasteiger partial charge in [0, 0.05) is 5.69 Å². The number of carbonyl (C=O) groups is 2. The van der Waals surface area contributed by atoms with E-state index in [4.69, 9.17) is 14.2 Å². The SMILES string of the molecule is COc1ccccc1OCC(=O)O[C@@H](C)C(=O)Nc1ccccc1. The number of rotatable bonds is 7. The Labute approximate surface area is 140 Å². The summed E-state index contributed by atoms with van der Waals surface area (Å²) in [6, 6.07) is 15.9. The predicted molar refractivity (Wildman–Crippen MR) is 89.1 cm³/mol. The molecule has 0 radical (unpaired) electrons. The largest absolute Gasteiger partial charge is 0.493 e. The van der Waals surface area contributed by atoms with E-state index in [1.807, 2.05) is 6.07 Å². The minimum absolute atomic E-state index is 0.316. The van der Waals surface area contributed by atoms with Crippen LogP contribution in [-0.2, 0) is 14.3 Å². The molecule has 0 aliphatic rings. The fraction of sp³-hybridized carbons (Fsp3) is 0.222. The van der Waals surface area contributed by atoms with Crippen molar-refractivity contribution in [2.45, 2.75) is 13.0 Å². The van der Waals surface area contributed by atoms with Crippen molar-refractivity contribution in [2.24, 2.45) is 0 Å². The molecule has 0 aromatic heterocycles. The van der Waals surface area contributed by atoms with E-state index in [1.54, 1.807) is 48.5 Å². The second-order valence-corrected chi connectivity index (χ2v) is 4.93. The van der Waals surface area contributed by atoms with Crippen molar-refractivity contribution in [1.29, 1.82) is 0 Å². The number of anilines is 1. The first-order valence-corrected chi connectivity index (χ1v) is 7.41. The zero-order chi connectivity index (χ0) is 17.4. The average Bonchev–Trinajstić information content (AvgIpc) is 2.61. The molecule has 2 aromatic carbocycles.